The predicted molar refractivity (Wildman–Crippen MR) is 160 cm³/mol. The smallest absolute Gasteiger partial charge is 0.309 e. The third kappa shape index (κ3) is 7.47. The fourth-order valence-corrected chi connectivity index (χ4v) is 7.09. The van der Waals surface area contributed by atoms with E-state index in [2.05, 4.69) is 14.8 Å². The van der Waals surface area contributed by atoms with Crippen molar-refractivity contribution >= 4 is 28.6 Å². The molecule has 0 bridgehead atoms. The van der Waals surface area contributed by atoms with Crippen LogP contribution in [0.2, 0.25) is 0 Å². The summed E-state index contributed by atoms with van der Waals surface area (Å²) in [6.45, 7) is 4.65. The van der Waals surface area contributed by atoms with Crippen molar-refractivity contribution in [1.29, 1.82) is 0 Å². The van der Waals surface area contributed by atoms with Crippen molar-refractivity contribution in [2.75, 3.05) is 58.8 Å². The average Bonchev–Trinajstić information content (AvgIpc) is 3.02. The number of methoxy groups -OCH3 is 1. The van der Waals surface area contributed by atoms with Crippen LogP contribution in [-0.4, -0.2) is 84.7 Å². The first kappa shape index (κ1) is 32.5. The van der Waals surface area contributed by atoms with E-state index in [1.54, 1.807) is 31.5 Å². The highest BCUT2D eigenvalue weighted by Crippen LogP contribution is 2.42. The van der Waals surface area contributed by atoms with E-state index in [9.17, 15) is 23.1 Å². The molecule has 5 rings (SSSR count). The van der Waals surface area contributed by atoms with Gasteiger partial charge in [-0.1, -0.05) is 0 Å². The fraction of sp³-hybridized carbons (Fsp3) is 0.500. The van der Waals surface area contributed by atoms with Crippen molar-refractivity contribution < 1.29 is 36.9 Å². The Morgan fingerprint density at radius 3 is 2.57 bits per heavy atom. The number of benzene rings is 2. The number of piperidine rings is 1. The average molecular weight is 636 g/mol. The molecule has 2 saturated heterocycles. The number of halogens is 4. The number of hydrogen-bond acceptors (Lipinski definition) is 7. The van der Waals surface area contributed by atoms with Crippen LogP contribution in [0.5, 0.6) is 5.75 Å². The summed E-state index contributed by atoms with van der Waals surface area (Å²) in [5, 5.41) is 10.9. The number of carbonyl (C=O) groups is 1. The monoisotopic (exact) mass is 635 g/mol. The molecule has 2 fully saturated rings. The summed E-state index contributed by atoms with van der Waals surface area (Å²) < 4.78 is 68.3. The van der Waals surface area contributed by atoms with Crippen LogP contribution >= 0.6 is 11.8 Å². The first-order chi connectivity index (χ1) is 21.2. The lowest BCUT2D eigenvalue weighted by atomic mass is 9.74. The molecule has 238 valence electrons. The molecule has 1 aromatic heterocycles. The summed E-state index contributed by atoms with van der Waals surface area (Å²) in [5.41, 5.74) is 0.869. The zero-order valence-corrected chi connectivity index (χ0v) is 25.5. The van der Waals surface area contributed by atoms with Gasteiger partial charge in [0.25, 0.3) is 0 Å². The van der Waals surface area contributed by atoms with E-state index >= 15 is 4.39 Å². The van der Waals surface area contributed by atoms with Crippen LogP contribution in [0.4, 0.5) is 17.6 Å². The highest BCUT2D eigenvalue weighted by atomic mass is 32.2. The Morgan fingerprint density at radius 2 is 1.86 bits per heavy atom. The first-order valence-corrected chi connectivity index (χ1v) is 15.8. The van der Waals surface area contributed by atoms with Gasteiger partial charge < -0.3 is 19.5 Å². The summed E-state index contributed by atoms with van der Waals surface area (Å²) in [7, 11) is 1.56. The minimum absolute atomic E-state index is 0.0407. The van der Waals surface area contributed by atoms with Gasteiger partial charge >= 0.3 is 5.97 Å². The molecule has 0 radical (unpaired) electrons. The Hall–Kier alpha value is -2.93. The van der Waals surface area contributed by atoms with Gasteiger partial charge in [0.1, 0.15) is 17.7 Å². The summed E-state index contributed by atoms with van der Waals surface area (Å²) in [4.78, 5) is 21.3. The molecule has 3 heterocycles. The van der Waals surface area contributed by atoms with Crippen LogP contribution in [0.1, 0.15) is 43.0 Å². The lowest BCUT2D eigenvalue weighted by Gasteiger charge is -2.39. The maximum Gasteiger partial charge on any atom is 0.309 e. The predicted octanol–water partition coefficient (Wildman–Crippen LogP) is 6.24. The molecule has 2 aliphatic rings. The van der Waals surface area contributed by atoms with Gasteiger partial charge in [-0.25, -0.2) is 17.6 Å². The number of morpholine rings is 1. The van der Waals surface area contributed by atoms with E-state index in [0.717, 1.165) is 36.5 Å². The maximum atomic E-state index is 16.4. The summed E-state index contributed by atoms with van der Waals surface area (Å²) in [5.74, 6) is -3.10. The summed E-state index contributed by atoms with van der Waals surface area (Å²) >= 11 is 1.02. The van der Waals surface area contributed by atoms with Crippen molar-refractivity contribution in [2.45, 2.75) is 43.3 Å². The Bertz CT molecular complexity index is 1470. The molecule has 12 heteroatoms. The van der Waals surface area contributed by atoms with Crippen LogP contribution in [0, 0.1) is 22.9 Å². The van der Waals surface area contributed by atoms with Crippen molar-refractivity contribution in [3.05, 3.63) is 65.1 Å². The number of aromatic nitrogens is 1. The van der Waals surface area contributed by atoms with Crippen LogP contribution < -0.4 is 4.74 Å². The molecule has 0 unspecified atom stereocenters. The van der Waals surface area contributed by atoms with Crippen LogP contribution in [0.3, 0.4) is 0 Å². The second kappa shape index (κ2) is 14.4. The number of hydrogen-bond donors (Lipinski definition) is 1. The third-order valence-electron chi connectivity index (χ3n) is 8.78. The van der Waals surface area contributed by atoms with Crippen molar-refractivity contribution in [2.24, 2.45) is 5.41 Å². The number of pyridine rings is 1. The molecule has 0 spiro atoms. The maximum absolute atomic E-state index is 16.4. The molecule has 2 aromatic carbocycles. The summed E-state index contributed by atoms with van der Waals surface area (Å²) in [6.07, 6.45) is 1.21. The van der Waals surface area contributed by atoms with E-state index in [1.165, 1.54) is 0 Å². The Morgan fingerprint density at radius 1 is 1.11 bits per heavy atom. The molecule has 44 heavy (non-hydrogen) atoms. The Labute approximate surface area is 258 Å². The minimum Gasteiger partial charge on any atom is -0.497 e. The van der Waals surface area contributed by atoms with Crippen LogP contribution in [0.25, 0.3) is 10.9 Å². The number of likely N-dealkylation sites (tertiary alicyclic amines) is 1. The van der Waals surface area contributed by atoms with Crippen LogP contribution in [-0.2, 0) is 16.1 Å². The molecule has 0 amide bonds. The molecule has 0 aliphatic carbocycles. The van der Waals surface area contributed by atoms with E-state index < -0.39 is 35.0 Å². The first-order valence-electron chi connectivity index (χ1n) is 14.8. The van der Waals surface area contributed by atoms with Gasteiger partial charge in [0, 0.05) is 60.0 Å². The molecule has 1 atom stereocenters. The van der Waals surface area contributed by atoms with E-state index in [0.29, 0.717) is 86.3 Å². The zero-order chi connectivity index (χ0) is 31.3. The van der Waals surface area contributed by atoms with E-state index in [1.807, 2.05) is 0 Å². The minimum atomic E-state index is -1.41. The number of fused-ring (bicyclic) bond motifs is 1. The van der Waals surface area contributed by atoms with E-state index in [-0.39, 0.29) is 17.7 Å². The number of nitrogens with zero attached hydrogens (tertiary/aromatic N) is 3. The number of carboxylic acids is 1. The Balaban J connectivity index is 1.25. The normalized spacial score (nSPS) is 18.4. The van der Waals surface area contributed by atoms with Crippen molar-refractivity contribution in [3.8, 4) is 5.75 Å². The van der Waals surface area contributed by atoms with E-state index in [4.69, 9.17) is 9.47 Å². The number of aliphatic carboxylic acids is 1. The molecular formula is C32H37F4N3O4S. The molecule has 0 saturated carbocycles. The van der Waals surface area contributed by atoms with Gasteiger partial charge in [0.2, 0.25) is 0 Å². The highest BCUT2D eigenvalue weighted by Gasteiger charge is 2.42. The lowest BCUT2D eigenvalue weighted by Crippen LogP contribution is -2.45. The number of ether oxygens (including phenoxy) is 2. The standard InChI is InChI=1S/C32H37F4N3O4S/c1-42-23-2-3-27-24(18-23)29(21(19-37-27)20-39-10-13-43-14-11-39)25(34)4-5-32(31(40)41)6-8-38(9-7-32)12-15-44-28-17-22(33)16-26(35)30(28)36/h2-3,16-19,25H,4-15,20H2,1H3,(H,40,41)/t25-/m1/s1. The van der Waals surface area contributed by atoms with Crippen molar-refractivity contribution in [3.63, 3.8) is 0 Å². The second-order valence-corrected chi connectivity index (χ2v) is 12.6. The van der Waals surface area contributed by atoms with Gasteiger partial charge in [-0.15, -0.1) is 11.8 Å². The van der Waals surface area contributed by atoms with Gasteiger partial charge in [-0.2, -0.15) is 0 Å². The molecule has 7 nitrogen and oxygen atoms in total. The summed E-state index contributed by atoms with van der Waals surface area (Å²) in [6, 6.07) is 6.86. The van der Waals surface area contributed by atoms with Gasteiger partial charge in [-0.05, 0) is 68.6 Å². The number of carboxylic acid groups (broad SMARTS) is 1. The quantitative estimate of drug-likeness (QED) is 0.142. The number of thioether (sulfide) groups is 1. The highest BCUT2D eigenvalue weighted by molar-refractivity contribution is 7.99. The largest absolute Gasteiger partial charge is 0.497 e. The second-order valence-electron chi connectivity index (χ2n) is 11.5. The van der Waals surface area contributed by atoms with Gasteiger partial charge in [-0.3, -0.25) is 14.7 Å². The van der Waals surface area contributed by atoms with Gasteiger partial charge in [0.05, 0.1) is 31.3 Å². The number of alkyl halides is 1. The SMILES string of the molecule is COc1ccc2ncc(CN3CCOCC3)c([C@H](F)CCC3(C(=O)O)CCN(CCSc4cc(F)cc(F)c4F)CC3)c2c1. The van der Waals surface area contributed by atoms with Crippen LogP contribution in [0.15, 0.2) is 41.4 Å². The molecule has 2 aliphatic heterocycles. The topological polar surface area (TPSA) is 75.1 Å². The van der Waals surface area contributed by atoms with Crippen molar-refractivity contribution in [1.82, 2.24) is 14.8 Å². The molecule has 3 aromatic rings. The lowest BCUT2D eigenvalue weighted by molar-refractivity contribution is -0.153. The number of rotatable bonds is 12. The third-order valence-corrected chi connectivity index (χ3v) is 9.77. The van der Waals surface area contributed by atoms with Gasteiger partial charge in [0.15, 0.2) is 11.6 Å². The molecular weight excluding hydrogens is 598 g/mol. The Kier molecular flexibility index (Phi) is 10.7. The zero-order valence-electron chi connectivity index (χ0n) is 24.7. The molecule has 1 N–H and O–H groups in total. The fourth-order valence-electron chi connectivity index (χ4n) is 6.10.